The number of halogens is 3. The van der Waals surface area contributed by atoms with Gasteiger partial charge in [-0.3, -0.25) is 0 Å². The molecule has 2 aromatic carbocycles. The molecule has 0 fully saturated rings. The predicted molar refractivity (Wildman–Crippen MR) is 89.9 cm³/mol. The van der Waals surface area contributed by atoms with Crippen LogP contribution in [0.1, 0.15) is 25.0 Å². The summed E-state index contributed by atoms with van der Waals surface area (Å²) in [6, 6.07) is 12.1. The summed E-state index contributed by atoms with van der Waals surface area (Å²) in [6.45, 7) is 1.98. The summed E-state index contributed by atoms with van der Waals surface area (Å²) in [6.07, 6.45) is 0.302. The first-order chi connectivity index (χ1) is 10.0. The van der Waals surface area contributed by atoms with Crippen LogP contribution >= 0.6 is 31.9 Å². The van der Waals surface area contributed by atoms with Gasteiger partial charge in [0.25, 0.3) is 0 Å². The van der Waals surface area contributed by atoms with Gasteiger partial charge in [0.1, 0.15) is 6.10 Å². The summed E-state index contributed by atoms with van der Waals surface area (Å²) in [7, 11) is 0. The molecule has 0 amide bonds. The van der Waals surface area contributed by atoms with Gasteiger partial charge >= 0.3 is 0 Å². The van der Waals surface area contributed by atoms with Crippen LogP contribution in [0.15, 0.2) is 51.4 Å². The van der Waals surface area contributed by atoms with Crippen LogP contribution < -0.4 is 10.5 Å². The lowest BCUT2D eigenvalue weighted by molar-refractivity contribution is 0.163. The molecular formula is C16H16Br2FNO. The van der Waals surface area contributed by atoms with Gasteiger partial charge in [-0.05, 0) is 30.7 Å². The topological polar surface area (TPSA) is 35.2 Å². The first kappa shape index (κ1) is 16.5. The van der Waals surface area contributed by atoms with Gasteiger partial charge in [-0.15, -0.1) is 0 Å². The number of hydrogen-bond acceptors (Lipinski definition) is 2. The van der Waals surface area contributed by atoms with Crippen molar-refractivity contribution in [3.8, 4) is 5.75 Å². The van der Waals surface area contributed by atoms with Gasteiger partial charge < -0.3 is 10.5 Å². The highest BCUT2D eigenvalue weighted by Crippen LogP contribution is 2.32. The Morgan fingerprint density at radius 3 is 2.57 bits per heavy atom. The van der Waals surface area contributed by atoms with Gasteiger partial charge in [0.05, 0.1) is 0 Å². The lowest BCUT2D eigenvalue weighted by Crippen LogP contribution is -2.31. The molecule has 112 valence electrons. The molecule has 2 unspecified atom stereocenters. The van der Waals surface area contributed by atoms with E-state index in [2.05, 4.69) is 31.9 Å². The van der Waals surface area contributed by atoms with Crippen LogP contribution in [0.4, 0.5) is 4.39 Å². The van der Waals surface area contributed by atoms with E-state index in [1.807, 2.05) is 31.2 Å². The molecule has 2 rings (SSSR count). The Hall–Kier alpha value is -0.910. The number of rotatable bonds is 5. The molecule has 2 nitrogen and oxygen atoms in total. The molecule has 0 aliphatic heterocycles. The number of nitrogens with two attached hydrogens (primary N) is 1. The van der Waals surface area contributed by atoms with Gasteiger partial charge in [0, 0.05) is 20.6 Å². The zero-order valence-corrected chi connectivity index (χ0v) is 14.7. The second-order valence-electron chi connectivity index (χ2n) is 4.71. The summed E-state index contributed by atoms with van der Waals surface area (Å²) in [4.78, 5) is 0. The fraction of sp³-hybridized carbons (Fsp3) is 0.250. The van der Waals surface area contributed by atoms with Crippen molar-refractivity contribution in [1.29, 1.82) is 0 Å². The Labute approximate surface area is 140 Å². The van der Waals surface area contributed by atoms with Crippen LogP contribution in [0, 0.1) is 5.82 Å². The van der Waals surface area contributed by atoms with E-state index in [1.54, 1.807) is 12.1 Å². The minimum absolute atomic E-state index is 0.189. The van der Waals surface area contributed by atoms with Crippen LogP contribution in [0.2, 0.25) is 0 Å². The molecule has 0 heterocycles. The molecule has 0 aromatic heterocycles. The monoisotopic (exact) mass is 415 g/mol. The molecule has 2 atom stereocenters. The third kappa shape index (κ3) is 4.05. The normalized spacial score (nSPS) is 13.8. The molecule has 0 saturated heterocycles. The molecule has 0 aliphatic rings. The molecule has 0 bridgehead atoms. The molecule has 0 aliphatic carbocycles. The van der Waals surface area contributed by atoms with Crippen molar-refractivity contribution in [2.75, 3.05) is 0 Å². The lowest BCUT2D eigenvalue weighted by atomic mass is 10.0. The van der Waals surface area contributed by atoms with Gasteiger partial charge in [-0.25, -0.2) is 4.39 Å². The van der Waals surface area contributed by atoms with Gasteiger partial charge in [0.2, 0.25) is 0 Å². The average molecular weight is 417 g/mol. The molecule has 0 radical (unpaired) electrons. The molecule has 0 spiro atoms. The van der Waals surface area contributed by atoms with Gasteiger partial charge in [0.15, 0.2) is 11.6 Å². The maximum absolute atomic E-state index is 13.9. The van der Waals surface area contributed by atoms with Crippen LogP contribution in [0.3, 0.4) is 0 Å². The maximum atomic E-state index is 13.9. The van der Waals surface area contributed by atoms with E-state index in [4.69, 9.17) is 10.5 Å². The standard InChI is InChI=1S/C16H16Br2FNO/c1-2-14(20)16(11-5-3-4-6-12(11)18)21-15-9-10(17)7-8-13(15)19/h3-9,14,16H,2,20H2,1H3. The quantitative estimate of drug-likeness (QED) is 0.726. The zero-order valence-electron chi connectivity index (χ0n) is 11.5. The van der Waals surface area contributed by atoms with Crippen molar-refractivity contribution < 1.29 is 9.13 Å². The highest BCUT2D eigenvalue weighted by atomic mass is 79.9. The molecule has 0 saturated carbocycles. The third-order valence-corrected chi connectivity index (χ3v) is 4.43. The molecule has 21 heavy (non-hydrogen) atoms. The summed E-state index contributed by atoms with van der Waals surface area (Å²) < 4.78 is 21.5. The minimum atomic E-state index is -0.422. The van der Waals surface area contributed by atoms with Crippen molar-refractivity contribution >= 4 is 31.9 Å². The van der Waals surface area contributed by atoms with E-state index >= 15 is 0 Å². The number of hydrogen-bond donors (Lipinski definition) is 1. The van der Waals surface area contributed by atoms with E-state index in [0.29, 0.717) is 0 Å². The molecule has 5 heteroatoms. The molecule has 2 N–H and O–H groups in total. The zero-order chi connectivity index (χ0) is 15.4. The highest BCUT2D eigenvalue weighted by molar-refractivity contribution is 9.10. The number of ether oxygens (including phenoxy) is 1. The first-order valence-electron chi connectivity index (χ1n) is 6.64. The van der Waals surface area contributed by atoms with Crippen molar-refractivity contribution in [3.05, 3.63) is 62.8 Å². The van der Waals surface area contributed by atoms with Crippen LogP contribution in [-0.2, 0) is 0 Å². The van der Waals surface area contributed by atoms with E-state index in [-0.39, 0.29) is 11.8 Å². The average Bonchev–Trinajstić information content (AvgIpc) is 2.48. The van der Waals surface area contributed by atoms with Crippen LogP contribution in [0.25, 0.3) is 0 Å². The fourth-order valence-electron chi connectivity index (χ4n) is 2.01. The first-order valence-corrected chi connectivity index (χ1v) is 8.23. The summed E-state index contributed by atoms with van der Waals surface area (Å²) in [5.41, 5.74) is 7.08. The highest BCUT2D eigenvalue weighted by Gasteiger charge is 2.23. The second kappa shape index (κ2) is 7.38. The molecular weight excluding hydrogens is 401 g/mol. The largest absolute Gasteiger partial charge is 0.481 e. The minimum Gasteiger partial charge on any atom is -0.481 e. The van der Waals surface area contributed by atoms with Crippen molar-refractivity contribution in [3.63, 3.8) is 0 Å². The smallest absolute Gasteiger partial charge is 0.165 e. The van der Waals surface area contributed by atoms with E-state index < -0.39 is 11.9 Å². The van der Waals surface area contributed by atoms with E-state index in [1.165, 1.54) is 6.07 Å². The Balaban J connectivity index is 2.38. The predicted octanol–water partition coefficient (Wildman–Crippen LogP) is 5.21. The van der Waals surface area contributed by atoms with E-state index in [9.17, 15) is 4.39 Å². The summed E-state index contributed by atoms with van der Waals surface area (Å²) in [5.74, 6) is -0.215. The van der Waals surface area contributed by atoms with Gasteiger partial charge in [-0.2, -0.15) is 0 Å². The maximum Gasteiger partial charge on any atom is 0.165 e. The van der Waals surface area contributed by atoms with E-state index in [0.717, 1.165) is 20.9 Å². The third-order valence-electron chi connectivity index (χ3n) is 3.22. The van der Waals surface area contributed by atoms with Crippen LogP contribution in [0.5, 0.6) is 5.75 Å². The second-order valence-corrected chi connectivity index (χ2v) is 6.48. The summed E-state index contributed by atoms with van der Waals surface area (Å²) in [5, 5.41) is 0. The van der Waals surface area contributed by atoms with Crippen LogP contribution in [-0.4, -0.2) is 6.04 Å². The van der Waals surface area contributed by atoms with Crippen molar-refractivity contribution in [1.82, 2.24) is 0 Å². The SMILES string of the molecule is CCC(N)C(Oc1cc(Br)ccc1F)c1ccccc1Br. The van der Waals surface area contributed by atoms with Crippen molar-refractivity contribution in [2.24, 2.45) is 5.73 Å². The van der Waals surface area contributed by atoms with Crippen molar-refractivity contribution in [2.45, 2.75) is 25.5 Å². The summed E-state index contributed by atoms with van der Waals surface area (Å²) >= 11 is 6.83. The fourth-order valence-corrected chi connectivity index (χ4v) is 2.86. The Morgan fingerprint density at radius 1 is 1.19 bits per heavy atom. The molecule has 2 aromatic rings. The number of benzene rings is 2. The lowest BCUT2D eigenvalue weighted by Gasteiger charge is -2.26. The Kier molecular flexibility index (Phi) is 5.79. The van der Waals surface area contributed by atoms with Gasteiger partial charge in [-0.1, -0.05) is 57.0 Å². The Morgan fingerprint density at radius 2 is 1.90 bits per heavy atom. The Bertz CT molecular complexity index is 621.